The number of thioether (sulfide) groups is 1. The van der Waals surface area contributed by atoms with Gasteiger partial charge < -0.3 is 90.0 Å². The molecule has 0 heterocycles. The number of urea groups is 1. The first-order valence-electron chi connectivity index (χ1n) is 25.6. The topological polar surface area (TPSA) is 400 Å². The smallest absolute Gasteiger partial charge is 0.327 e. The minimum absolute atomic E-state index is 0.0123. The quantitative estimate of drug-likeness (QED) is 0.0209. The molecule has 0 radical (unpaired) electrons. The van der Waals surface area contributed by atoms with E-state index in [1.807, 2.05) is 6.07 Å². The third-order valence-electron chi connectivity index (χ3n) is 11.5. The van der Waals surface area contributed by atoms with Crippen molar-refractivity contribution < 1.29 is 106 Å². The standard InChI is InChI=1S/C50H79N7O22S/c1-51-35(46(66)56(2)38(31-45(64)65)47(67)57(3)39(32-80-4)49(70)71)10-12-40(59)37(30-34-8-6-5-7-9-34)53-42(61)16-18-73-20-22-75-24-26-77-28-29-78-27-25-76-23-21-74-19-17-52-41(60)13-11-36(48(68)69)54-50(72)55-43(79-33-58)14-15-44(62)63/h5-9,33,35-39,43,51H,10-32H2,1-4H3,(H,52,60)(H,53,61)(H,62,63)(H,64,65)(H,68,69)(H,70,71)(H2,54,55,72)/t35-,36-,37-,38-,39-,43+/m0/s1. The molecule has 30 heteroatoms. The van der Waals surface area contributed by atoms with Crippen molar-refractivity contribution in [2.45, 2.75) is 94.2 Å². The van der Waals surface area contributed by atoms with Crippen molar-refractivity contribution in [3.05, 3.63) is 35.9 Å². The Labute approximate surface area is 468 Å². The lowest BCUT2D eigenvalue weighted by atomic mass is 9.97. The predicted molar refractivity (Wildman–Crippen MR) is 283 cm³/mol. The molecule has 0 aliphatic rings. The van der Waals surface area contributed by atoms with Gasteiger partial charge in [0, 0.05) is 52.1 Å². The summed E-state index contributed by atoms with van der Waals surface area (Å²) in [6.45, 7) is 3.07. The molecule has 29 nitrogen and oxygen atoms in total. The fourth-order valence-electron chi connectivity index (χ4n) is 7.16. The number of carbonyl (C=O) groups is 11. The fourth-order valence-corrected chi connectivity index (χ4v) is 7.84. The molecule has 0 saturated heterocycles. The molecule has 6 atom stereocenters. The number of carbonyl (C=O) groups excluding carboxylic acids is 7. The van der Waals surface area contributed by atoms with E-state index in [0.717, 1.165) is 15.4 Å². The van der Waals surface area contributed by atoms with Crippen LogP contribution in [0.2, 0.25) is 0 Å². The maximum absolute atomic E-state index is 13.7. The highest BCUT2D eigenvalue weighted by Gasteiger charge is 2.38. The lowest BCUT2D eigenvalue weighted by molar-refractivity contribution is -0.154. The Kier molecular flexibility index (Phi) is 38.7. The number of Topliss-reactive ketones (excluding diaryl/α,β-unsaturated/α-hetero) is 1. The molecule has 9 N–H and O–H groups in total. The number of carboxylic acid groups (broad SMARTS) is 4. The van der Waals surface area contributed by atoms with Gasteiger partial charge in [0.15, 0.2) is 12.0 Å². The predicted octanol–water partition coefficient (Wildman–Crippen LogP) is -1.27. The lowest BCUT2D eigenvalue weighted by Crippen LogP contribution is -2.56. The first-order chi connectivity index (χ1) is 38.2. The summed E-state index contributed by atoms with van der Waals surface area (Å²) in [6.07, 6.45) is -1.72. The number of nitrogens with zero attached hydrogens (tertiary/aromatic N) is 2. The molecule has 0 fully saturated rings. The SMILES string of the molecule is CN[C@@H](CCC(=O)[C@H](Cc1ccccc1)NC(=O)CCOCCOCCOCCOCCOCCOCCNC(=O)CC[C@H](NC(=O)N[C@@H](CCC(=O)O)OC=O)C(=O)O)C(=O)N(C)[C@@H](CC(=O)O)C(=O)N(C)[C@@H](CSC)C(=O)O. The molecule has 0 aliphatic heterocycles. The number of ketones is 1. The van der Waals surface area contributed by atoms with Gasteiger partial charge in [0.1, 0.15) is 18.1 Å². The minimum Gasteiger partial charge on any atom is -0.481 e. The second-order valence-corrected chi connectivity index (χ2v) is 18.4. The zero-order chi connectivity index (χ0) is 59.7. The largest absolute Gasteiger partial charge is 0.481 e. The van der Waals surface area contributed by atoms with E-state index in [2.05, 4.69) is 31.3 Å². The number of amides is 6. The van der Waals surface area contributed by atoms with Crippen LogP contribution in [0, 0.1) is 0 Å². The summed E-state index contributed by atoms with van der Waals surface area (Å²) in [4.78, 5) is 136. The normalized spacial score (nSPS) is 13.2. The molecule has 0 bridgehead atoms. The van der Waals surface area contributed by atoms with Crippen LogP contribution in [0.25, 0.3) is 0 Å². The van der Waals surface area contributed by atoms with Crippen molar-refractivity contribution >= 4 is 77.6 Å². The molecule has 0 spiro atoms. The molecule has 0 aliphatic carbocycles. The van der Waals surface area contributed by atoms with Crippen LogP contribution in [0.1, 0.15) is 56.9 Å². The van der Waals surface area contributed by atoms with E-state index in [1.165, 1.54) is 32.9 Å². The van der Waals surface area contributed by atoms with Gasteiger partial charge >= 0.3 is 29.9 Å². The van der Waals surface area contributed by atoms with Crippen LogP contribution >= 0.6 is 11.8 Å². The average molecular weight is 1160 g/mol. The van der Waals surface area contributed by atoms with E-state index in [0.29, 0.717) is 33.0 Å². The Bertz CT molecular complexity index is 2060. The fraction of sp³-hybridized carbons (Fsp3) is 0.660. The molecule has 0 aromatic heterocycles. The summed E-state index contributed by atoms with van der Waals surface area (Å²) < 4.78 is 37.4. The van der Waals surface area contributed by atoms with E-state index in [1.54, 1.807) is 30.5 Å². The highest BCUT2D eigenvalue weighted by atomic mass is 32.2. The number of carboxylic acids is 4. The summed E-state index contributed by atoms with van der Waals surface area (Å²) in [5, 5.41) is 49.9. The zero-order valence-electron chi connectivity index (χ0n) is 45.6. The minimum atomic E-state index is -1.53. The summed E-state index contributed by atoms with van der Waals surface area (Å²) in [5.41, 5.74) is 0.777. The summed E-state index contributed by atoms with van der Waals surface area (Å²) in [7, 11) is 3.95. The van der Waals surface area contributed by atoms with Crippen LogP contribution in [0.15, 0.2) is 30.3 Å². The Balaban J connectivity index is 2.30. The van der Waals surface area contributed by atoms with Crippen LogP contribution in [-0.4, -0.2) is 251 Å². The number of likely N-dealkylation sites (N-methyl/N-ethyl adjacent to an activating group) is 3. The highest BCUT2D eigenvalue weighted by molar-refractivity contribution is 7.98. The molecule has 80 heavy (non-hydrogen) atoms. The van der Waals surface area contributed by atoms with Crippen molar-refractivity contribution in [2.75, 3.05) is 119 Å². The molecular formula is C50H79N7O22S. The van der Waals surface area contributed by atoms with Crippen LogP contribution in [-0.2, 0) is 87.5 Å². The highest BCUT2D eigenvalue weighted by Crippen LogP contribution is 2.16. The molecule has 452 valence electrons. The third kappa shape index (κ3) is 32.5. The van der Waals surface area contributed by atoms with E-state index in [9.17, 15) is 68.1 Å². The summed E-state index contributed by atoms with van der Waals surface area (Å²) >= 11 is 1.18. The van der Waals surface area contributed by atoms with Crippen LogP contribution in [0.5, 0.6) is 0 Å². The van der Waals surface area contributed by atoms with Gasteiger partial charge in [-0.1, -0.05) is 30.3 Å². The van der Waals surface area contributed by atoms with Gasteiger partial charge in [-0.3, -0.25) is 38.4 Å². The maximum Gasteiger partial charge on any atom is 0.327 e. The second kappa shape index (κ2) is 43.3. The third-order valence-corrected chi connectivity index (χ3v) is 12.2. The van der Waals surface area contributed by atoms with Gasteiger partial charge in [-0.25, -0.2) is 14.4 Å². The van der Waals surface area contributed by atoms with E-state index < -0.39 is 103 Å². The van der Waals surface area contributed by atoms with Gasteiger partial charge in [-0.05, 0) is 38.1 Å². The van der Waals surface area contributed by atoms with E-state index >= 15 is 0 Å². The van der Waals surface area contributed by atoms with Crippen molar-refractivity contribution in [3.8, 4) is 0 Å². The number of hydrogen-bond donors (Lipinski definition) is 9. The number of benzene rings is 1. The van der Waals surface area contributed by atoms with E-state index in [4.69, 9.17) is 33.5 Å². The second-order valence-electron chi connectivity index (χ2n) is 17.5. The first-order valence-corrected chi connectivity index (χ1v) is 27.0. The molecule has 1 aromatic rings. The van der Waals surface area contributed by atoms with Crippen molar-refractivity contribution in [1.82, 2.24) is 36.4 Å². The Morgan fingerprint density at radius 1 is 0.575 bits per heavy atom. The molecule has 6 amide bonds. The van der Waals surface area contributed by atoms with Gasteiger partial charge in [0.2, 0.25) is 23.6 Å². The van der Waals surface area contributed by atoms with Crippen molar-refractivity contribution in [2.24, 2.45) is 0 Å². The van der Waals surface area contributed by atoms with Gasteiger partial charge in [0.05, 0.1) is 104 Å². The Morgan fingerprint density at radius 3 is 1.61 bits per heavy atom. The Hall–Kier alpha value is -6.54. The summed E-state index contributed by atoms with van der Waals surface area (Å²) in [5.74, 6) is -8.11. The van der Waals surface area contributed by atoms with Crippen LogP contribution < -0.4 is 26.6 Å². The number of aliphatic carboxylic acids is 4. The van der Waals surface area contributed by atoms with Gasteiger partial charge in [-0.15, -0.1) is 0 Å². The maximum atomic E-state index is 13.7. The number of nitrogens with one attached hydrogen (secondary N) is 5. The van der Waals surface area contributed by atoms with Crippen molar-refractivity contribution in [1.29, 1.82) is 0 Å². The number of ether oxygens (including phenoxy) is 7. The first kappa shape index (κ1) is 71.5. The average Bonchev–Trinajstić information content (AvgIpc) is 3.41. The Morgan fingerprint density at radius 2 is 1.11 bits per heavy atom. The molecule has 0 saturated carbocycles. The molecular weight excluding hydrogens is 1080 g/mol. The monoisotopic (exact) mass is 1160 g/mol. The number of rotatable bonds is 49. The molecule has 0 unspecified atom stereocenters. The molecule has 1 aromatic carbocycles. The van der Waals surface area contributed by atoms with Gasteiger partial charge in [-0.2, -0.15) is 11.8 Å². The van der Waals surface area contributed by atoms with Gasteiger partial charge in [0.25, 0.3) is 6.47 Å². The summed E-state index contributed by atoms with van der Waals surface area (Å²) in [6, 6.07) is 1.73. The molecule has 1 rings (SSSR count). The van der Waals surface area contributed by atoms with Crippen LogP contribution in [0.3, 0.4) is 0 Å². The zero-order valence-corrected chi connectivity index (χ0v) is 46.4. The number of hydrogen-bond acceptors (Lipinski definition) is 20. The lowest BCUT2D eigenvalue weighted by Gasteiger charge is -2.34. The van der Waals surface area contributed by atoms with Crippen molar-refractivity contribution in [3.63, 3.8) is 0 Å². The van der Waals surface area contributed by atoms with E-state index in [-0.39, 0.29) is 116 Å². The van der Waals surface area contributed by atoms with Crippen LogP contribution in [0.4, 0.5) is 4.79 Å².